The van der Waals surface area contributed by atoms with Crippen molar-refractivity contribution >= 4 is 57.2 Å². The van der Waals surface area contributed by atoms with Crippen molar-refractivity contribution in [1.29, 1.82) is 0 Å². The van der Waals surface area contributed by atoms with E-state index in [9.17, 15) is 0 Å². The second-order valence-corrected chi connectivity index (χ2v) is 7.35. The molecule has 0 N–H and O–H groups in total. The number of hydrogen-bond acceptors (Lipinski definition) is 2. The van der Waals surface area contributed by atoms with E-state index < -0.39 is 0 Å². The van der Waals surface area contributed by atoms with Crippen LogP contribution in [0.15, 0.2) is 30.3 Å². The molecule has 2 aromatic heterocycles. The van der Waals surface area contributed by atoms with Crippen LogP contribution < -0.4 is 0 Å². The van der Waals surface area contributed by atoms with E-state index in [2.05, 4.69) is 22.5 Å². The Kier molecular flexibility index (Phi) is 4.46. The van der Waals surface area contributed by atoms with Crippen LogP contribution >= 0.6 is 46.1 Å². The van der Waals surface area contributed by atoms with E-state index in [1.54, 1.807) is 11.3 Å². The molecule has 1 atom stereocenters. The maximum absolute atomic E-state index is 6.15. The number of alkyl halides is 1. The van der Waals surface area contributed by atoms with Gasteiger partial charge in [-0.15, -0.1) is 22.9 Å². The van der Waals surface area contributed by atoms with Crippen LogP contribution in [0.1, 0.15) is 23.7 Å². The number of imidazole rings is 1. The predicted octanol–water partition coefficient (Wildman–Crippen LogP) is 5.80. The molecule has 0 aliphatic carbocycles. The molecule has 6 heteroatoms. The van der Waals surface area contributed by atoms with E-state index in [4.69, 9.17) is 34.8 Å². The topological polar surface area (TPSA) is 17.8 Å². The molecule has 0 fully saturated rings. The highest BCUT2D eigenvalue weighted by Gasteiger charge is 2.18. The Balaban J connectivity index is 2.18. The Labute approximate surface area is 142 Å². The minimum absolute atomic E-state index is 0.143. The molecule has 0 saturated carbocycles. The molecule has 0 amide bonds. The van der Waals surface area contributed by atoms with E-state index in [0.29, 0.717) is 10.9 Å². The van der Waals surface area contributed by atoms with Gasteiger partial charge in [-0.25, -0.2) is 4.98 Å². The van der Waals surface area contributed by atoms with Gasteiger partial charge in [0.2, 0.25) is 0 Å². The van der Waals surface area contributed by atoms with Gasteiger partial charge >= 0.3 is 0 Å². The lowest BCUT2D eigenvalue weighted by molar-refractivity contribution is 0.633. The van der Waals surface area contributed by atoms with Gasteiger partial charge < -0.3 is 4.57 Å². The molecule has 0 radical (unpaired) electrons. The van der Waals surface area contributed by atoms with Crippen LogP contribution in [0.3, 0.4) is 0 Å². The van der Waals surface area contributed by atoms with Crippen LogP contribution in [-0.2, 0) is 6.42 Å². The van der Waals surface area contributed by atoms with Gasteiger partial charge in [0.25, 0.3) is 0 Å². The standard InChI is InChI=1S/C15H13Cl3N2S/c1-9(13-4-5-14(18)21-13)20-12-8-10(17)2-3-11(12)19-15(20)6-7-16/h2-5,8-9H,6-7H2,1H3. The molecular formula is C15H13Cl3N2S. The Morgan fingerprint density at radius 1 is 1.24 bits per heavy atom. The molecule has 0 aliphatic rings. The number of nitrogens with zero attached hydrogens (tertiary/aromatic N) is 2. The van der Waals surface area contributed by atoms with Gasteiger partial charge in [0.15, 0.2) is 0 Å². The molecule has 1 aromatic carbocycles. The molecule has 21 heavy (non-hydrogen) atoms. The Morgan fingerprint density at radius 2 is 2.05 bits per heavy atom. The fourth-order valence-electron chi connectivity index (χ4n) is 2.49. The number of fused-ring (bicyclic) bond motifs is 1. The summed E-state index contributed by atoms with van der Waals surface area (Å²) in [7, 11) is 0. The van der Waals surface area contributed by atoms with E-state index in [1.807, 2.05) is 24.3 Å². The largest absolute Gasteiger partial charge is 0.320 e. The third kappa shape index (κ3) is 2.93. The molecule has 2 nitrogen and oxygen atoms in total. The van der Waals surface area contributed by atoms with E-state index in [-0.39, 0.29) is 6.04 Å². The summed E-state index contributed by atoms with van der Waals surface area (Å²) in [5, 5.41) is 0.706. The smallest absolute Gasteiger partial charge is 0.111 e. The first kappa shape index (κ1) is 15.2. The quantitative estimate of drug-likeness (QED) is 0.539. The molecule has 3 aromatic rings. The Bertz CT molecular complexity index is 778. The lowest BCUT2D eigenvalue weighted by atomic mass is 10.2. The van der Waals surface area contributed by atoms with Crippen LogP contribution in [0.5, 0.6) is 0 Å². The summed E-state index contributed by atoms with van der Waals surface area (Å²) in [6.07, 6.45) is 0.720. The highest BCUT2D eigenvalue weighted by Crippen LogP contribution is 2.33. The number of rotatable bonds is 4. The first-order valence-corrected chi connectivity index (χ1v) is 8.68. The van der Waals surface area contributed by atoms with E-state index >= 15 is 0 Å². The zero-order chi connectivity index (χ0) is 15.0. The summed E-state index contributed by atoms with van der Waals surface area (Å²) in [5.41, 5.74) is 1.97. The summed E-state index contributed by atoms with van der Waals surface area (Å²) < 4.78 is 2.99. The van der Waals surface area contributed by atoms with Gasteiger partial charge in [0, 0.05) is 22.2 Å². The summed E-state index contributed by atoms with van der Waals surface area (Å²) >= 11 is 19.7. The molecule has 1 unspecified atom stereocenters. The molecule has 3 rings (SSSR count). The number of hydrogen-bond donors (Lipinski definition) is 0. The first-order valence-electron chi connectivity index (χ1n) is 6.57. The van der Waals surface area contributed by atoms with Gasteiger partial charge in [0.05, 0.1) is 21.4 Å². The minimum Gasteiger partial charge on any atom is -0.320 e. The summed E-state index contributed by atoms with van der Waals surface area (Å²) in [6, 6.07) is 9.87. The van der Waals surface area contributed by atoms with Crippen molar-refractivity contribution in [3.63, 3.8) is 0 Å². The van der Waals surface area contributed by atoms with Crippen LogP contribution in [0, 0.1) is 0 Å². The van der Waals surface area contributed by atoms with Gasteiger partial charge in [-0.2, -0.15) is 0 Å². The summed E-state index contributed by atoms with van der Waals surface area (Å²) in [5.74, 6) is 1.51. The van der Waals surface area contributed by atoms with Crippen LogP contribution in [-0.4, -0.2) is 15.4 Å². The number of aryl methyl sites for hydroxylation is 1. The van der Waals surface area contributed by atoms with Crippen LogP contribution in [0.25, 0.3) is 11.0 Å². The Morgan fingerprint density at radius 3 is 2.71 bits per heavy atom. The van der Waals surface area contributed by atoms with Crippen molar-refractivity contribution in [2.45, 2.75) is 19.4 Å². The van der Waals surface area contributed by atoms with Crippen molar-refractivity contribution in [3.05, 3.63) is 50.4 Å². The van der Waals surface area contributed by atoms with Gasteiger partial charge in [-0.1, -0.05) is 23.2 Å². The van der Waals surface area contributed by atoms with Crippen molar-refractivity contribution in [2.75, 3.05) is 5.88 Å². The third-order valence-electron chi connectivity index (χ3n) is 3.44. The predicted molar refractivity (Wildman–Crippen MR) is 92.3 cm³/mol. The summed E-state index contributed by atoms with van der Waals surface area (Å²) in [4.78, 5) is 5.88. The average molecular weight is 360 g/mol. The normalized spacial score (nSPS) is 13.0. The second kappa shape index (κ2) is 6.17. The summed E-state index contributed by atoms with van der Waals surface area (Å²) in [6.45, 7) is 2.14. The fraction of sp³-hybridized carbons (Fsp3) is 0.267. The van der Waals surface area contributed by atoms with E-state index in [0.717, 1.165) is 27.6 Å². The van der Waals surface area contributed by atoms with Gasteiger partial charge in [0.1, 0.15) is 5.82 Å². The van der Waals surface area contributed by atoms with Crippen molar-refractivity contribution in [1.82, 2.24) is 9.55 Å². The molecule has 2 heterocycles. The van der Waals surface area contributed by atoms with Crippen molar-refractivity contribution < 1.29 is 0 Å². The maximum atomic E-state index is 6.15. The number of halogens is 3. The van der Waals surface area contributed by atoms with Gasteiger partial charge in [-0.05, 0) is 37.3 Å². The molecule has 0 spiro atoms. The van der Waals surface area contributed by atoms with E-state index in [1.165, 1.54) is 4.88 Å². The molecular weight excluding hydrogens is 347 g/mol. The third-order valence-corrected chi connectivity index (χ3v) is 5.26. The zero-order valence-corrected chi connectivity index (χ0v) is 14.4. The van der Waals surface area contributed by atoms with Crippen molar-refractivity contribution in [3.8, 4) is 0 Å². The highest BCUT2D eigenvalue weighted by molar-refractivity contribution is 7.16. The SMILES string of the molecule is CC(c1ccc(Cl)s1)n1c(CCCl)nc2ccc(Cl)cc21. The maximum Gasteiger partial charge on any atom is 0.111 e. The second-order valence-electron chi connectivity index (χ2n) is 4.79. The van der Waals surface area contributed by atoms with Crippen molar-refractivity contribution in [2.24, 2.45) is 0 Å². The number of benzene rings is 1. The lowest BCUT2D eigenvalue weighted by Gasteiger charge is -2.16. The lowest BCUT2D eigenvalue weighted by Crippen LogP contribution is -2.10. The number of thiophene rings is 1. The highest BCUT2D eigenvalue weighted by atomic mass is 35.5. The first-order chi connectivity index (χ1) is 10.1. The molecule has 0 bridgehead atoms. The zero-order valence-electron chi connectivity index (χ0n) is 11.3. The fourth-order valence-corrected chi connectivity index (χ4v) is 3.93. The minimum atomic E-state index is 0.143. The molecule has 0 saturated heterocycles. The average Bonchev–Trinajstić information content (AvgIpc) is 3.02. The molecule has 0 aliphatic heterocycles. The van der Waals surface area contributed by atoms with Gasteiger partial charge in [-0.3, -0.25) is 0 Å². The monoisotopic (exact) mass is 358 g/mol. The van der Waals surface area contributed by atoms with Crippen LogP contribution in [0.4, 0.5) is 0 Å². The number of aromatic nitrogens is 2. The Hall–Kier alpha value is -0.740. The van der Waals surface area contributed by atoms with Crippen LogP contribution in [0.2, 0.25) is 9.36 Å². The molecule has 110 valence electrons.